The van der Waals surface area contributed by atoms with Gasteiger partial charge in [0.1, 0.15) is 11.6 Å². The number of halogens is 2. The second-order valence-corrected chi connectivity index (χ2v) is 4.76. The Morgan fingerprint density at radius 2 is 1.53 bits per heavy atom. The third-order valence-corrected chi connectivity index (χ3v) is 3.15. The molecule has 0 fully saturated rings. The van der Waals surface area contributed by atoms with Crippen LogP contribution in [-0.2, 0) is 0 Å². The molecular formula is C14H13F2P. The SMILES string of the molecule is CC(c1ccc(F)cc1)c1cc(F)cc(P)c1. The van der Waals surface area contributed by atoms with Gasteiger partial charge in [0.15, 0.2) is 0 Å². The highest BCUT2D eigenvalue weighted by Gasteiger charge is 2.10. The van der Waals surface area contributed by atoms with Crippen LogP contribution in [0.5, 0.6) is 0 Å². The molecule has 0 bridgehead atoms. The van der Waals surface area contributed by atoms with Crippen molar-refractivity contribution in [2.24, 2.45) is 0 Å². The first-order valence-electron chi connectivity index (χ1n) is 5.37. The lowest BCUT2D eigenvalue weighted by Crippen LogP contribution is -2.02. The van der Waals surface area contributed by atoms with E-state index in [9.17, 15) is 8.78 Å². The number of rotatable bonds is 2. The van der Waals surface area contributed by atoms with Crippen molar-refractivity contribution in [2.75, 3.05) is 0 Å². The van der Waals surface area contributed by atoms with E-state index in [1.807, 2.05) is 13.0 Å². The Kier molecular flexibility index (Phi) is 3.54. The van der Waals surface area contributed by atoms with Gasteiger partial charge in [0.25, 0.3) is 0 Å². The van der Waals surface area contributed by atoms with Gasteiger partial charge in [-0.25, -0.2) is 8.78 Å². The topological polar surface area (TPSA) is 0 Å². The van der Waals surface area contributed by atoms with Gasteiger partial charge in [-0.3, -0.25) is 0 Å². The summed E-state index contributed by atoms with van der Waals surface area (Å²) in [5.41, 5.74) is 1.86. The second kappa shape index (κ2) is 4.93. The highest BCUT2D eigenvalue weighted by Crippen LogP contribution is 2.24. The van der Waals surface area contributed by atoms with Crippen molar-refractivity contribution < 1.29 is 8.78 Å². The molecule has 17 heavy (non-hydrogen) atoms. The number of hydrogen-bond donors (Lipinski definition) is 0. The maximum absolute atomic E-state index is 13.3. The average molecular weight is 250 g/mol. The molecule has 0 saturated carbocycles. The van der Waals surface area contributed by atoms with Gasteiger partial charge < -0.3 is 0 Å². The zero-order chi connectivity index (χ0) is 12.4. The van der Waals surface area contributed by atoms with Gasteiger partial charge >= 0.3 is 0 Å². The molecule has 3 heteroatoms. The Hall–Kier alpha value is -1.27. The smallest absolute Gasteiger partial charge is 0.124 e. The molecule has 0 radical (unpaired) electrons. The first-order valence-corrected chi connectivity index (χ1v) is 5.95. The minimum absolute atomic E-state index is 0.0469. The van der Waals surface area contributed by atoms with Crippen LogP contribution in [0.2, 0.25) is 0 Å². The van der Waals surface area contributed by atoms with Gasteiger partial charge in [0, 0.05) is 5.92 Å². The normalized spacial score (nSPS) is 12.5. The first-order chi connectivity index (χ1) is 8.06. The molecule has 0 nitrogen and oxygen atoms in total. The third kappa shape index (κ3) is 2.89. The highest BCUT2D eigenvalue weighted by atomic mass is 31.0. The Bertz CT molecular complexity index is 500. The van der Waals surface area contributed by atoms with Crippen LogP contribution >= 0.6 is 9.24 Å². The predicted molar refractivity (Wildman–Crippen MR) is 69.7 cm³/mol. The summed E-state index contributed by atoms with van der Waals surface area (Å²) in [6.07, 6.45) is 0. The monoisotopic (exact) mass is 250 g/mol. The minimum atomic E-state index is -0.257. The number of hydrogen-bond acceptors (Lipinski definition) is 0. The zero-order valence-electron chi connectivity index (χ0n) is 9.45. The molecule has 2 aromatic rings. The van der Waals surface area contributed by atoms with Crippen LogP contribution in [0, 0.1) is 11.6 Å². The van der Waals surface area contributed by atoms with Crippen molar-refractivity contribution in [3.8, 4) is 0 Å². The summed E-state index contributed by atoms with van der Waals surface area (Å²) >= 11 is 0. The van der Waals surface area contributed by atoms with Crippen molar-refractivity contribution in [1.29, 1.82) is 0 Å². The molecule has 0 N–H and O–H groups in total. The molecule has 0 heterocycles. The van der Waals surface area contributed by atoms with Gasteiger partial charge in [0.05, 0.1) is 0 Å². The summed E-state index contributed by atoms with van der Waals surface area (Å²) in [5, 5.41) is 0.814. The fourth-order valence-corrected chi connectivity index (χ4v) is 2.18. The van der Waals surface area contributed by atoms with Crippen molar-refractivity contribution in [3.05, 3.63) is 65.2 Å². The van der Waals surface area contributed by atoms with E-state index < -0.39 is 0 Å². The molecule has 0 amide bonds. The lowest BCUT2D eigenvalue weighted by atomic mass is 9.93. The molecule has 2 rings (SSSR count). The van der Waals surface area contributed by atoms with Gasteiger partial charge in [-0.05, 0) is 40.7 Å². The van der Waals surface area contributed by atoms with Gasteiger partial charge in [-0.1, -0.05) is 25.1 Å². The molecule has 2 atom stereocenters. The van der Waals surface area contributed by atoms with Crippen LogP contribution in [0.25, 0.3) is 0 Å². The van der Waals surface area contributed by atoms with E-state index in [0.717, 1.165) is 16.4 Å². The molecule has 0 spiro atoms. The summed E-state index contributed by atoms with van der Waals surface area (Å²) in [4.78, 5) is 0. The molecule has 0 aliphatic heterocycles. The van der Waals surface area contributed by atoms with E-state index >= 15 is 0 Å². The van der Waals surface area contributed by atoms with Crippen LogP contribution in [0.3, 0.4) is 0 Å². The highest BCUT2D eigenvalue weighted by molar-refractivity contribution is 7.27. The Morgan fingerprint density at radius 3 is 2.12 bits per heavy atom. The van der Waals surface area contributed by atoms with Crippen molar-refractivity contribution >= 4 is 14.5 Å². The lowest BCUT2D eigenvalue weighted by Gasteiger charge is -2.13. The fraction of sp³-hybridized carbons (Fsp3) is 0.143. The average Bonchev–Trinajstić information content (AvgIpc) is 2.28. The molecular weight excluding hydrogens is 237 g/mol. The summed E-state index contributed by atoms with van der Waals surface area (Å²) in [7, 11) is 2.49. The lowest BCUT2D eigenvalue weighted by molar-refractivity contribution is 0.623. The van der Waals surface area contributed by atoms with Gasteiger partial charge in [0.2, 0.25) is 0 Å². The standard InChI is InChI=1S/C14H13F2P/c1-9(10-2-4-12(15)5-3-10)11-6-13(16)8-14(17)7-11/h2-9H,17H2,1H3. The predicted octanol–water partition coefficient (Wildman–Crippen LogP) is 3.62. The van der Waals surface area contributed by atoms with Crippen LogP contribution in [-0.4, -0.2) is 0 Å². The minimum Gasteiger partial charge on any atom is -0.207 e. The quantitative estimate of drug-likeness (QED) is 0.714. The van der Waals surface area contributed by atoms with E-state index in [4.69, 9.17) is 0 Å². The van der Waals surface area contributed by atoms with E-state index in [1.165, 1.54) is 24.3 Å². The van der Waals surface area contributed by atoms with Crippen molar-refractivity contribution in [2.45, 2.75) is 12.8 Å². The fourth-order valence-electron chi connectivity index (χ4n) is 1.83. The van der Waals surface area contributed by atoms with E-state index in [1.54, 1.807) is 12.1 Å². The van der Waals surface area contributed by atoms with Crippen LogP contribution in [0.4, 0.5) is 8.78 Å². The second-order valence-electron chi connectivity index (χ2n) is 4.09. The molecule has 0 aliphatic carbocycles. The zero-order valence-corrected chi connectivity index (χ0v) is 10.6. The molecule has 0 aliphatic rings. The van der Waals surface area contributed by atoms with Gasteiger partial charge in [-0.2, -0.15) is 0 Å². The molecule has 0 saturated heterocycles. The van der Waals surface area contributed by atoms with E-state index in [0.29, 0.717) is 0 Å². The van der Waals surface area contributed by atoms with Crippen LogP contribution < -0.4 is 5.30 Å². The summed E-state index contributed by atoms with van der Waals surface area (Å²) in [5.74, 6) is -0.459. The molecule has 2 unspecified atom stereocenters. The maximum atomic E-state index is 13.3. The van der Waals surface area contributed by atoms with Crippen molar-refractivity contribution in [3.63, 3.8) is 0 Å². The number of benzene rings is 2. The first kappa shape index (κ1) is 12.2. The summed E-state index contributed by atoms with van der Waals surface area (Å²) < 4.78 is 26.1. The molecule has 0 aromatic heterocycles. The Morgan fingerprint density at radius 1 is 0.882 bits per heavy atom. The largest absolute Gasteiger partial charge is 0.207 e. The Balaban J connectivity index is 2.36. The summed E-state index contributed by atoms with van der Waals surface area (Å²) in [6, 6.07) is 11.2. The van der Waals surface area contributed by atoms with Crippen LogP contribution in [0.15, 0.2) is 42.5 Å². The van der Waals surface area contributed by atoms with E-state index in [2.05, 4.69) is 9.24 Å². The summed E-state index contributed by atoms with van der Waals surface area (Å²) in [6.45, 7) is 1.98. The van der Waals surface area contributed by atoms with Crippen molar-refractivity contribution in [1.82, 2.24) is 0 Å². The molecule has 88 valence electrons. The van der Waals surface area contributed by atoms with E-state index in [-0.39, 0.29) is 17.6 Å². The Labute approximate surface area is 102 Å². The maximum Gasteiger partial charge on any atom is 0.124 e. The molecule has 2 aromatic carbocycles. The van der Waals surface area contributed by atoms with Gasteiger partial charge in [-0.15, -0.1) is 9.24 Å². The van der Waals surface area contributed by atoms with Crippen LogP contribution in [0.1, 0.15) is 24.0 Å². The third-order valence-electron chi connectivity index (χ3n) is 2.81.